The molecule has 2 unspecified atom stereocenters. The van der Waals surface area contributed by atoms with Gasteiger partial charge >= 0.3 is 0 Å². The summed E-state index contributed by atoms with van der Waals surface area (Å²) in [7, 11) is 0. The lowest BCUT2D eigenvalue weighted by Crippen LogP contribution is -2.58. The highest BCUT2D eigenvalue weighted by atomic mass is 16.3. The fourth-order valence-electron chi connectivity index (χ4n) is 1.76. The first-order valence-electron chi connectivity index (χ1n) is 5.10. The second-order valence-electron chi connectivity index (χ2n) is 3.66. The van der Waals surface area contributed by atoms with Crippen LogP contribution in [-0.4, -0.2) is 54.9 Å². The maximum Gasteiger partial charge on any atom is 0.0558 e. The smallest absolute Gasteiger partial charge is 0.0558 e. The van der Waals surface area contributed by atoms with E-state index < -0.39 is 0 Å². The molecular weight excluding hydrogens is 166 g/mol. The zero-order valence-corrected chi connectivity index (χ0v) is 8.37. The van der Waals surface area contributed by atoms with Crippen molar-refractivity contribution in [2.45, 2.75) is 25.4 Å². The third kappa shape index (κ3) is 3.23. The van der Waals surface area contributed by atoms with E-state index >= 15 is 0 Å². The Morgan fingerprint density at radius 3 is 3.08 bits per heavy atom. The molecule has 78 valence electrons. The van der Waals surface area contributed by atoms with Gasteiger partial charge in [-0.2, -0.15) is 0 Å². The first-order chi connectivity index (χ1) is 6.27. The second kappa shape index (κ2) is 5.54. The molecule has 4 nitrogen and oxygen atoms in total. The van der Waals surface area contributed by atoms with Gasteiger partial charge in [0.1, 0.15) is 0 Å². The molecule has 0 aromatic heterocycles. The largest absolute Gasteiger partial charge is 0.395 e. The Morgan fingerprint density at radius 1 is 1.69 bits per heavy atom. The molecule has 1 saturated heterocycles. The molecule has 4 N–H and O–H groups in total. The van der Waals surface area contributed by atoms with Crippen LogP contribution in [0.5, 0.6) is 0 Å². The number of nitrogens with zero attached hydrogens (tertiary/aromatic N) is 1. The molecule has 0 radical (unpaired) electrons. The standard InChI is InChI=1S/C9H21N3O/c1-2-8(10)9-7-12(5-6-13)4-3-11-9/h8-9,11,13H,2-7,10H2,1H3. The number of β-amino-alcohol motifs (C(OH)–C–C–N with tert-alkyl or cyclic N) is 1. The average Bonchev–Trinajstić information content (AvgIpc) is 2.18. The summed E-state index contributed by atoms with van der Waals surface area (Å²) in [5, 5.41) is 12.2. The molecule has 13 heavy (non-hydrogen) atoms. The first kappa shape index (κ1) is 10.9. The number of nitrogens with two attached hydrogens (primary N) is 1. The monoisotopic (exact) mass is 187 g/mol. The van der Waals surface area contributed by atoms with Crippen LogP contribution in [0.2, 0.25) is 0 Å². The Kier molecular flexibility index (Phi) is 4.66. The van der Waals surface area contributed by atoms with Crippen molar-refractivity contribution >= 4 is 0 Å². The number of aliphatic hydroxyl groups excluding tert-OH is 1. The van der Waals surface area contributed by atoms with Crippen molar-refractivity contribution in [2.24, 2.45) is 5.73 Å². The normalized spacial score (nSPS) is 27.5. The Bertz CT molecular complexity index is 141. The van der Waals surface area contributed by atoms with Gasteiger partial charge in [0.2, 0.25) is 0 Å². The topological polar surface area (TPSA) is 61.5 Å². The number of hydrogen-bond donors (Lipinski definition) is 3. The number of piperazine rings is 1. The first-order valence-corrected chi connectivity index (χ1v) is 5.10. The SMILES string of the molecule is CCC(N)C1CN(CCO)CCN1. The Morgan fingerprint density at radius 2 is 2.46 bits per heavy atom. The lowest BCUT2D eigenvalue weighted by atomic mass is 10.0. The van der Waals surface area contributed by atoms with E-state index in [4.69, 9.17) is 10.8 Å². The molecule has 1 fully saturated rings. The molecule has 0 aromatic rings. The van der Waals surface area contributed by atoms with Crippen LogP contribution in [0, 0.1) is 0 Å². The molecule has 0 spiro atoms. The molecule has 4 heteroatoms. The van der Waals surface area contributed by atoms with Crippen LogP contribution in [0.25, 0.3) is 0 Å². The predicted molar refractivity (Wildman–Crippen MR) is 53.6 cm³/mol. The maximum atomic E-state index is 8.81. The van der Waals surface area contributed by atoms with Crippen molar-refractivity contribution in [3.63, 3.8) is 0 Å². The summed E-state index contributed by atoms with van der Waals surface area (Å²) >= 11 is 0. The van der Waals surface area contributed by atoms with Crippen molar-refractivity contribution in [1.82, 2.24) is 10.2 Å². The molecule has 0 bridgehead atoms. The van der Waals surface area contributed by atoms with Crippen LogP contribution in [0.4, 0.5) is 0 Å². The third-order valence-corrected chi connectivity index (χ3v) is 2.69. The Balaban J connectivity index is 2.32. The average molecular weight is 187 g/mol. The molecule has 1 heterocycles. The zero-order valence-electron chi connectivity index (χ0n) is 8.37. The van der Waals surface area contributed by atoms with Gasteiger partial charge in [0.25, 0.3) is 0 Å². The van der Waals surface area contributed by atoms with Crippen LogP contribution in [0.3, 0.4) is 0 Å². The highest BCUT2D eigenvalue weighted by Crippen LogP contribution is 2.03. The summed E-state index contributed by atoms with van der Waals surface area (Å²) in [6.45, 7) is 6.10. The van der Waals surface area contributed by atoms with E-state index in [1.54, 1.807) is 0 Å². The third-order valence-electron chi connectivity index (χ3n) is 2.69. The molecule has 0 amide bonds. The van der Waals surface area contributed by atoms with E-state index in [9.17, 15) is 0 Å². The summed E-state index contributed by atoms with van der Waals surface area (Å²) in [5.41, 5.74) is 5.95. The highest BCUT2D eigenvalue weighted by Gasteiger charge is 2.22. The van der Waals surface area contributed by atoms with Crippen molar-refractivity contribution in [2.75, 3.05) is 32.8 Å². The highest BCUT2D eigenvalue weighted by molar-refractivity contribution is 4.85. The zero-order chi connectivity index (χ0) is 9.68. The fourth-order valence-corrected chi connectivity index (χ4v) is 1.76. The van der Waals surface area contributed by atoms with Gasteiger partial charge in [-0.15, -0.1) is 0 Å². The van der Waals surface area contributed by atoms with Crippen LogP contribution in [-0.2, 0) is 0 Å². The van der Waals surface area contributed by atoms with Gasteiger partial charge in [0.15, 0.2) is 0 Å². The lowest BCUT2D eigenvalue weighted by molar-refractivity contribution is 0.148. The summed E-state index contributed by atoms with van der Waals surface area (Å²) < 4.78 is 0. The van der Waals surface area contributed by atoms with Crippen molar-refractivity contribution in [3.8, 4) is 0 Å². The quantitative estimate of drug-likeness (QED) is 0.528. The van der Waals surface area contributed by atoms with Gasteiger partial charge in [-0.05, 0) is 6.42 Å². The van der Waals surface area contributed by atoms with Gasteiger partial charge in [0, 0.05) is 38.3 Å². The number of nitrogens with one attached hydrogen (secondary N) is 1. The van der Waals surface area contributed by atoms with Gasteiger partial charge in [-0.25, -0.2) is 0 Å². The number of aliphatic hydroxyl groups is 1. The van der Waals surface area contributed by atoms with E-state index in [0.29, 0.717) is 6.04 Å². The minimum atomic E-state index is 0.237. The lowest BCUT2D eigenvalue weighted by Gasteiger charge is -2.35. The molecule has 1 rings (SSSR count). The van der Waals surface area contributed by atoms with Crippen molar-refractivity contribution in [1.29, 1.82) is 0 Å². The summed E-state index contributed by atoms with van der Waals surface area (Å²) in [5.74, 6) is 0. The van der Waals surface area contributed by atoms with Gasteiger partial charge in [-0.1, -0.05) is 6.92 Å². The minimum Gasteiger partial charge on any atom is -0.395 e. The number of hydrogen-bond acceptors (Lipinski definition) is 4. The van der Waals surface area contributed by atoms with Crippen LogP contribution in [0.15, 0.2) is 0 Å². The van der Waals surface area contributed by atoms with Crippen LogP contribution in [0.1, 0.15) is 13.3 Å². The molecule has 0 aliphatic carbocycles. The van der Waals surface area contributed by atoms with Crippen molar-refractivity contribution in [3.05, 3.63) is 0 Å². The van der Waals surface area contributed by atoms with E-state index in [0.717, 1.165) is 32.6 Å². The number of rotatable bonds is 4. The van der Waals surface area contributed by atoms with Gasteiger partial charge in [-0.3, -0.25) is 4.90 Å². The van der Waals surface area contributed by atoms with Crippen molar-refractivity contribution < 1.29 is 5.11 Å². The van der Waals surface area contributed by atoms with Crippen LogP contribution < -0.4 is 11.1 Å². The summed E-state index contributed by atoms with van der Waals surface area (Å²) in [6, 6.07) is 0.631. The molecule has 0 aromatic carbocycles. The van der Waals surface area contributed by atoms with E-state index in [2.05, 4.69) is 17.1 Å². The van der Waals surface area contributed by atoms with Crippen LogP contribution >= 0.6 is 0 Å². The van der Waals surface area contributed by atoms with E-state index in [1.165, 1.54) is 0 Å². The molecule has 0 saturated carbocycles. The molecular formula is C9H21N3O. The van der Waals surface area contributed by atoms with E-state index in [-0.39, 0.29) is 12.6 Å². The predicted octanol–water partition coefficient (Wildman–Crippen LogP) is -1.01. The summed E-state index contributed by atoms with van der Waals surface area (Å²) in [4.78, 5) is 2.26. The van der Waals surface area contributed by atoms with E-state index in [1.807, 2.05) is 0 Å². The maximum absolute atomic E-state index is 8.81. The second-order valence-corrected chi connectivity index (χ2v) is 3.66. The Labute approximate surface area is 80.1 Å². The summed E-state index contributed by atoms with van der Waals surface area (Å²) in [6.07, 6.45) is 1.00. The molecule has 1 aliphatic rings. The Hall–Kier alpha value is -0.160. The molecule has 1 aliphatic heterocycles. The molecule has 2 atom stereocenters. The fraction of sp³-hybridized carbons (Fsp3) is 1.00. The van der Waals surface area contributed by atoms with Gasteiger partial charge < -0.3 is 16.2 Å². The van der Waals surface area contributed by atoms with Gasteiger partial charge in [0.05, 0.1) is 6.61 Å². The minimum absolute atomic E-state index is 0.237.